The highest BCUT2D eigenvalue weighted by atomic mass is 35.5. The molecule has 2 aromatic rings. The van der Waals surface area contributed by atoms with Crippen LogP contribution in [0.2, 0.25) is 5.02 Å². The molecule has 0 atom stereocenters. The Labute approximate surface area is 129 Å². The van der Waals surface area contributed by atoms with Gasteiger partial charge in [-0.1, -0.05) is 41.4 Å². The second kappa shape index (κ2) is 6.59. The standard InChI is InChI=1S/C16H18ClN3O/c1-11-5-4-6-12(7-11)10-20(3)16(21)13-8-14(17)15(18-2)19-9-13/h4-9H,10H2,1-3H3,(H,18,19). The first kappa shape index (κ1) is 15.3. The summed E-state index contributed by atoms with van der Waals surface area (Å²) < 4.78 is 0. The van der Waals surface area contributed by atoms with Crippen LogP contribution in [0.4, 0.5) is 5.82 Å². The molecular weight excluding hydrogens is 286 g/mol. The number of halogens is 1. The number of hydrogen-bond acceptors (Lipinski definition) is 3. The van der Waals surface area contributed by atoms with Gasteiger partial charge in [-0.15, -0.1) is 0 Å². The van der Waals surface area contributed by atoms with Crippen LogP contribution in [-0.2, 0) is 6.54 Å². The topological polar surface area (TPSA) is 45.2 Å². The summed E-state index contributed by atoms with van der Waals surface area (Å²) in [7, 11) is 3.50. The number of aromatic nitrogens is 1. The molecule has 1 amide bonds. The Morgan fingerprint density at radius 1 is 1.38 bits per heavy atom. The molecule has 0 bridgehead atoms. The van der Waals surface area contributed by atoms with Crippen LogP contribution in [0, 0.1) is 6.92 Å². The van der Waals surface area contributed by atoms with E-state index in [0.29, 0.717) is 22.9 Å². The highest BCUT2D eigenvalue weighted by Gasteiger charge is 2.14. The van der Waals surface area contributed by atoms with Gasteiger partial charge in [0.25, 0.3) is 5.91 Å². The summed E-state index contributed by atoms with van der Waals surface area (Å²) in [5, 5.41) is 3.31. The van der Waals surface area contributed by atoms with Gasteiger partial charge in [-0.05, 0) is 18.6 Å². The van der Waals surface area contributed by atoms with Gasteiger partial charge in [0.2, 0.25) is 0 Å². The Kier molecular flexibility index (Phi) is 4.81. The first-order valence-corrected chi connectivity index (χ1v) is 7.03. The summed E-state index contributed by atoms with van der Waals surface area (Å²) in [4.78, 5) is 18.2. The molecule has 0 saturated heterocycles. The maximum Gasteiger partial charge on any atom is 0.255 e. The minimum absolute atomic E-state index is 0.103. The Bertz CT molecular complexity index is 658. The molecule has 1 aromatic heterocycles. The van der Waals surface area contributed by atoms with Crippen LogP contribution in [0.5, 0.6) is 0 Å². The number of aryl methyl sites for hydroxylation is 1. The van der Waals surface area contributed by atoms with Gasteiger partial charge in [0.1, 0.15) is 5.82 Å². The molecule has 21 heavy (non-hydrogen) atoms. The fourth-order valence-corrected chi connectivity index (χ4v) is 2.38. The van der Waals surface area contributed by atoms with Crippen LogP contribution < -0.4 is 5.32 Å². The van der Waals surface area contributed by atoms with Crippen molar-refractivity contribution in [1.82, 2.24) is 9.88 Å². The summed E-state index contributed by atoms with van der Waals surface area (Å²) in [5.41, 5.74) is 2.75. The van der Waals surface area contributed by atoms with Crippen molar-refractivity contribution in [3.05, 3.63) is 58.2 Å². The van der Waals surface area contributed by atoms with Crippen LogP contribution in [-0.4, -0.2) is 29.9 Å². The number of benzene rings is 1. The lowest BCUT2D eigenvalue weighted by Gasteiger charge is -2.18. The first-order valence-electron chi connectivity index (χ1n) is 6.65. The minimum atomic E-state index is -0.103. The van der Waals surface area contributed by atoms with Crippen LogP contribution in [0.25, 0.3) is 0 Å². The normalized spacial score (nSPS) is 10.3. The second-order valence-corrected chi connectivity index (χ2v) is 5.36. The zero-order valence-electron chi connectivity index (χ0n) is 12.4. The average Bonchev–Trinajstić information content (AvgIpc) is 2.46. The molecule has 2 rings (SSSR count). The Morgan fingerprint density at radius 2 is 2.14 bits per heavy atom. The van der Waals surface area contributed by atoms with Crippen molar-refractivity contribution < 1.29 is 4.79 Å². The molecule has 1 heterocycles. The van der Waals surface area contributed by atoms with Gasteiger partial charge in [0.15, 0.2) is 0 Å². The number of pyridine rings is 1. The Hall–Kier alpha value is -2.07. The van der Waals surface area contributed by atoms with E-state index in [4.69, 9.17) is 11.6 Å². The van der Waals surface area contributed by atoms with Crippen LogP contribution >= 0.6 is 11.6 Å². The van der Waals surface area contributed by atoms with E-state index in [0.717, 1.165) is 5.56 Å². The van der Waals surface area contributed by atoms with Crippen LogP contribution in [0.1, 0.15) is 21.5 Å². The van der Waals surface area contributed by atoms with E-state index >= 15 is 0 Å². The molecule has 5 heteroatoms. The van der Waals surface area contributed by atoms with E-state index in [1.165, 1.54) is 11.8 Å². The van der Waals surface area contributed by atoms with Crippen molar-refractivity contribution in [2.24, 2.45) is 0 Å². The molecule has 1 N–H and O–H groups in total. The third kappa shape index (κ3) is 3.73. The second-order valence-electron chi connectivity index (χ2n) is 4.95. The number of anilines is 1. The Balaban J connectivity index is 2.14. The van der Waals surface area contributed by atoms with Gasteiger partial charge in [-0.3, -0.25) is 4.79 Å². The number of carbonyl (C=O) groups is 1. The van der Waals surface area contributed by atoms with Gasteiger partial charge < -0.3 is 10.2 Å². The maximum atomic E-state index is 12.4. The number of nitrogens with zero attached hydrogens (tertiary/aromatic N) is 2. The van der Waals surface area contributed by atoms with Gasteiger partial charge in [-0.25, -0.2) is 4.98 Å². The molecular formula is C16H18ClN3O. The SMILES string of the molecule is CNc1ncc(C(=O)N(C)Cc2cccc(C)c2)cc1Cl. The van der Waals surface area contributed by atoms with E-state index in [2.05, 4.69) is 16.4 Å². The van der Waals surface area contributed by atoms with Crippen molar-refractivity contribution in [3.8, 4) is 0 Å². The highest BCUT2D eigenvalue weighted by molar-refractivity contribution is 6.33. The zero-order chi connectivity index (χ0) is 15.4. The molecule has 0 aliphatic rings. The Morgan fingerprint density at radius 3 is 2.76 bits per heavy atom. The summed E-state index contributed by atoms with van der Waals surface area (Å²) in [6.07, 6.45) is 1.53. The molecule has 0 radical (unpaired) electrons. The summed E-state index contributed by atoms with van der Waals surface area (Å²) in [6, 6.07) is 9.73. The fraction of sp³-hybridized carbons (Fsp3) is 0.250. The lowest BCUT2D eigenvalue weighted by molar-refractivity contribution is 0.0784. The smallest absolute Gasteiger partial charge is 0.255 e. The van der Waals surface area contributed by atoms with Gasteiger partial charge in [-0.2, -0.15) is 0 Å². The van der Waals surface area contributed by atoms with Crippen molar-refractivity contribution >= 4 is 23.3 Å². The molecule has 110 valence electrons. The summed E-state index contributed by atoms with van der Waals surface area (Å²) in [5.74, 6) is 0.461. The number of carbonyl (C=O) groups excluding carboxylic acids is 1. The number of amides is 1. The molecule has 1 aromatic carbocycles. The van der Waals surface area contributed by atoms with Crippen molar-refractivity contribution in [1.29, 1.82) is 0 Å². The third-order valence-corrected chi connectivity index (χ3v) is 3.46. The van der Waals surface area contributed by atoms with E-state index in [1.54, 1.807) is 25.1 Å². The lowest BCUT2D eigenvalue weighted by Crippen LogP contribution is -2.26. The molecule has 4 nitrogen and oxygen atoms in total. The lowest BCUT2D eigenvalue weighted by atomic mass is 10.1. The average molecular weight is 304 g/mol. The predicted molar refractivity (Wildman–Crippen MR) is 85.8 cm³/mol. The van der Waals surface area contributed by atoms with E-state index < -0.39 is 0 Å². The van der Waals surface area contributed by atoms with E-state index in [-0.39, 0.29) is 5.91 Å². The van der Waals surface area contributed by atoms with Gasteiger partial charge in [0, 0.05) is 26.8 Å². The minimum Gasteiger partial charge on any atom is -0.372 e. The summed E-state index contributed by atoms with van der Waals surface area (Å²) in [6.45, 7) is 2.58. The largest absolute Gasteiger partial charge is 0.372 e. The van der Waals surface area contributed by atoms with Gasteiger partial charge in [0.05, 0.1) is 10.6 Å². The number of hydrogen-bond donors (Lipinski definition) is 1. The van der Waals surface area contributed by atoms with Crippen molar-refractivity contribution in [2.45, 2.75) is 13.5 Å². The molecule has 0 saturated carbocycles. The monoisotopic (exact) mass is 303 g/mol. The predicted octanol–water partition coefficient (Wildman–Crippen LogP) is 3.36. The van der Waals surface area contributed by atoms with Crippen LogP contribution in [0.15, 0.2) is 36.5 Å². The first-order chi connectivity index (χ1) is 10.0. The van der Waals surface area contributed by atoms with Crippen molar-refractivity contribution in [3.63, 3.8) is 0 Å². The molecule has 0 unspecified atom stereocenters. The fourth-order valence-electron chi connectivity index (χ4n) is 2.12. The van der Waals surface area contributed by atoms with E-state index in [9.17, 15) is 4.79 Å². The maximum absolute atomic E-state index is 12.4. The third-order valence-electron chi connectivity index (χ3n) is 3.17. The molecule has 0 aliphatic carbocycles. The van der Waals surface area contributed by atoms with Crippen molar-refractivity contribution in [2.75, 3.05) is 19.4 Å². The highest BCUT2D eigenvalue weighted by Crippen LogP contribution is 2.20. The molecule has 0 aliphatic heterocycles. The number of nitrogens with one attached hydrogen (secondary N) is 1. The zero-order valence-corrected chi connectivity index (χ0v) is 13.1. The quantitative estimate of drug-likeness (QED) is 0.942. The summed E-state index contributed by atoms with van der Waals surface area (Å²) >= 11 is 6.06. The van der Waals surface area contributed by atoms with E-state index in [1.807, 2.05) is 25.1 Å². The molecule has 0 spiro atoms. The van der Waals surface area contributed by atoms with Gasteiger partial charge >= 0.3 is 0 Å². The number of rotatable bonds is 4. The van der Waals surface area contributed by atoms with Crippen LogP contribution in [0.3, 0.4) is 0 Å². The molecule has 0 fully saturated rings.